The maximum Gasteiger partial charge on any atom is 0.243 e. The van der Waals surface area contributed by atoms with Crippen molar-refractivity contribution in [3.8, 4) is 0 Å². The number of anilines is 1. The Bertz CT molecular complexity index is 594. The van der Waals surface area contributed by atoms with Gasteiger partial charge in [-0.05, 0) is 23.4 Å². The van der Waals surface area contributed by atoms with E-state index in [4.69, 9.17) is 5.21 Å². The number of aryl methyl sites for hydroxylation is 1. The molecule has 0 saturated heterocycles. The zero-order valence-electron chi connectivity index (χ0n) is 11.2. The summed E-state index contributed by atoms with van der Waals surface area (Å²) in [6.07, 6.45) is 0.891. The van der Waals surface area contributed by atoms with E-state index in [-0.39, 0.29) is 12.3 Å². The van der Waals surface area contributed by atoms with E-state index in [9.17, 15) is 4.79 Å². The highest BCUT2D eigenvalue weighted by Gasteiger charge is 2.08. The smallest absolute Gasteiger partial charge is 0.243 e. The van der Waals surface area contributed by atoms with Crippen molar-refractivity contribution in [1.82, 2.24) is 5.48 Å². The minimum absolute atomic E-state index is 0.280. The molecule has 2 N–H and O–H groups in total. The van der Waals surface area contributed by atoms with Crippen LogP contribution in [-0.4, -0.2) is 25.2 Å². The lowest BCUT2D eigenvalue weighted by molar-refractivity contribution is -0.129. The van der Waals surface area contributed by atoms with Crippen LogP contribution in [0, 0.1) is 0 Å². The molecule has 0 heterocycles. The second-order valence-corrected chi connectivity index (χ2v) is 4.72. The number of benzene rings is 2. The lowest BCUT2D eigenvalue weighted by atomic mass is 9.99. The average Bonchev–Trinajstić information content (AvgIpc) is 2.43. The van der Waals surface area contributed by atoms with Crippen molar-refractivity contribution >= 4 is 22.4 Å². The number of amides is 1. The number of hydrogen-bond donors (Lipinski definition) is 2. The standard InChI is InChI=1S/C15H18N2O2/c1-17(2)14-9-7-11(8-10-15(18)16-19)12-5-3-4-6-13(12)14/h3-7,9,19H,8,10H2,1-2H3,(H,16,18). The van der Waals surface area contributed by atoms with Crippen LogP contribution in [0.25, 0.3) is 10.8 Å². The Kier molecular flexibility index (Phi) is 4.02. The molecule has 0 aromatic heterocycles. The molecule has 1 amide bonds. The molecule has 0 saturated carbocycles. The molecule has 19 heavy (non-hydrogen) atoms. The summed E-state index contributed by atoms with van der Waals surface area (Å²) in [5.74, 6) is -0.360. The molecule has 0 unspecified atom stereocenters. The molecule has 100 valence electrons. The van der Waals surface area contributed by atoms with Crippen LogP contribution in [-0.2, 0) is 11.2 Å². The molecule has 0 radical (unpaired) electrons. The van der Waals surface area contributed by atoms with E-state index in [1.807, 2.05) is 32.3 Å². The predicted molar refractivity (Wildman–Crippen MR) is 76.5 cm³/mol. The third-order valence-corrected chi connectivity index (χ3v) is 3.22. The number of hydrogen-bond acceptors (Lipinski definition) is 3. The van der Waals surface area contributed by atoms with Crippen molar-refractivity contribution in [2.45, 2.75) is 12.8 Å². The van der Waals surface area contributed by atoms with Crippen LogP contribution in [0.5, 0.6) is 0 Å². The van der Waals surface area contributed by atoms with Crippen LogP contribution < -0.4 is 10.4 Å². The number of nitrogens with one attached hydrogen (secondary N) is 1. The molecule has 2 aromatic carbocycles. The highest BCUT2D eigenvalue weighted by molar-refractivity contribution is 5.96. The predicted octanol–water partition coefficient (Wildman–Crippen LogP) is 2.34. The Morgan fingerprint density at radius 2 is 1.84 bits per heavy atom. The maximum atomic E-state index is 11.1. The van der Waals surface area contributed by atoms with Gasteiger partial charge in [0, 0.05) is 31.6 Å². The maximum absolute atomic E-state index is 11.1. The fourth-order valence-corrected chi connectivity index (χ4v) is 2.26. The molecule has 0 fully saturated rings. The van der Waals surface area contributed by atoms with E-state index in [2.05, 4.69) is 23.1 Å². The molecular formula is C15H18N2O2. The van der Waals surface area contributed by atoms with Gasteiger partial charge in [-0.15, -0.1) is 0 Å². The largest absolute Gasteiger partial charge is 0.377 e. The summed E-state index contributed by atoms with van der Waals surface area (Å²) >= 11 is 0. The van der Waals surface area contributed by atoms with Gasteiger partial charge in [0.2, 0.25) is 5.91 Å². The van der Waals surface area contributed by atoms with Crippen LogP contribution in [0.3, 0.4) is 0 Å². The van der Waals surface area contributed by atoms with Crippen LogP contribution in [0.2, 0.25) is 0 Å². The molecule has 0 atom stereocenters. The molecule has 2 rings (SSSR count). The van der Waals surface area contributed by atoms with Gasteiger partial charge in [0.1, 0.15) is 0 Å². The second-order valence-electron chi connectivity index (χ2n) is 4.72. The summed E-state index contributed by atoms with van der Waals surface area (Å²) in [6.45, 7) is 0. The lowest BCUT2D eigenvalue weighted by Gasteiger charge is -2.17. The third kappa shape index (κ3) is 2.85. The fraction of sp³-hybridized carbons (Fsp3) is 0.267. The van der Waals surface area contributed by atoms with Gasteiger partial charge in [0.15, 0.2) is 0 Å². The van der Waals surface area contributed by atoms with Crippen molar-refractivity contribution < 1.29 is 10.0 Å². The van der Waals surface area contributed by atoms with Crippen molar-refractivity contribution in [3.05, 3.63) is 42.0 Å². The monoisotopic (exact) mass is 258 g/mol. The summed E-state index contributed by atoms with van der Waals surface area (Å²) in [7, 11) is 4.03. The third-order valence-electron chi connectivity index (χ3n) is 3.22. The van der Waals surface area contributed by atoms with Crippen molar-refractivity contribution in [3.63, 3.8) is 0 Å². The first kappa shape index (κ1) is 13.4. The topological polar surface area (TPSA) is 52.6 Å². The number of nitrogens with zero attached hydrogens (tertiary/aromatic N) is 1. The Morgan fingerprint density at radius 3 is 2.47 bits per heavy atom. The van der Waals surface area contributed by atoms with Crippen LogP contribution in [0.1, 0.15) is 12.0 Å². The van der Waals surface area contributed by atoms with Crippen LogP contribution in [0.4, 0.5) is 5.69 Å². The normalized spacial score (nSPS) is 10.5. The number of hydroxylamine groups is 1. The molecule has 4 nitrogen and oxygen atoms in total. The van der Waals surface area contributed by atoms with Crippen molar-refractivity contribution in [1.29, 1.82) is 0 Å². The van der Waals surface area contributed by atoms with Crippen molar-refractivity contribution in [2.24, 2.45) is 0 Å². The fourth-order valence-electron chi connectivity index (χ4n) is 2.26. The number of rotatable bonds is 4. The first-order valence-electron chi connectivity index (χ1n) is 6.24. The van der Waals surface area contributed by atoms with Gasteiger partial charge in [-0.2, -0.15) is 0 Å². The Labute approximate surface area is 112 Å². The minimum Gasteiger partial charge on any atom is -0.377 e. The van der Waals surface area contributed by atoms with Gasteiger partial charge >= 0.3 is 0 Å². The van der Waals surface area contributed by atoms with Gasteiger partial charge in [0.05, 0.1) is 0 Å². The second kappa shape index (κ2) is 5.71. The number of carbonyl (C=O) groups is 1. The van der Waals surface area contributed by atoms with Crippen LogP contribution in [0.15, 0.2) is 36.4 Å². The number of carbonyl (C=O) groups excluding carboxylic acids is 1. The van der Waals surface area contributed by atoms with E-state index in [1.165, 1.54) is 5.39 Å². The van der Waals surface area contributed by atoms with Crippen LogP contribution >= 0.6 is 0 Å². The molecule has 0 spiro atoms. The van der Waals surface area contributed by atoms with Gasteiger partial charge in [-0.3, -0.25) is 10.0 Å². The highest BCUT2D eigenvalue weighted by Crippen LogP contribution is 2.28. The van der Waals surface area contributed by atoms with Gasteiger partial charge in [0.25, 0.3) is 0 Å². The van der Waals surface area contributed by atoms with Gasteiger partial charge < -0.3 is 4.90 Å². The van der Waals surface area contributed by atoms with E-state index < -0.39 is 0 Å². The quantitative estimate of drug-likeness (QED) is 0.654. The Hall–Kier alpha value is -2.07. The van der Waals surface area contributed by atoms with Gasteiger partial charge in [-0.1, -0.05) is 30.3 Å². The summed E-state index contributed by atoms with van der Waals surface area (Å²) in [5.41, 5.74) is 3.94. The molecular weight excluding hydrogens is 240 g/mol. The summed E-state index contributed by atoms with van der Waals surface area (Å²) in [6, 6.07) is 12.3. The first-order chi connectivity index (χ1) is 9.13. The van der Waals surface area contributed by atoms with Gasteiger partial charge in [-0.25, -0.2) is 5.48 Å². The zero-order chi connectivity index (χ0) is 13.8. The van der Waals surface area contributed by atoms with E-state index in [0.29, 0.717) is 6.42 Å². The zero-order valence-corrected chi connectivity index (χ0v) is 11.2. The SMILES string of the molecule is CN(C)c1ccc(CCC(=O)NO)c2ccccc12. The average molecular weight is 258 g/mol. The first-order valence-corrected chi connectivity index (χ1v) is 6.24. The summed E-state index contributed by atoms with van der Waals surface area (Å²) in [5, 5.41) is 10.9. The van der Waals surface area contributed by atoms with E-state index in [0.717, 1.165) is 16.6 Å². The summed E-state index contributed by atoms with van der Waals surface area (Å²) < 4.78 is 0. The molecule has 0 aliphatic carbocycles. The Morgan fingerprint density at radius 1 is 1.16 bits per heavy atom. The molecule has 0 aliphatic heterocycles. The highest BCUT2D eigenvalue weighted by atomic mass is 16.5. The number of fused-ring (bicyclic) bond motifs is 1. The molecule has 4 heteroatoms. The van der Waals surface area contributed by atoms with E-state index >= 15 is 0 Å². The van der Waals surface area contributed by atoms with E-state index in [1.54, 1.807) is 5.48 Å². The molecule has 0 bridgehead atoms. The summed E-state index contributed by atoms with van der Waals surface area (Å²) in [4.78, 5) is 13.2. The lowest BCUT2D eigenvalue weighted by Crippen LogP contribution is -2.18. The van der Waals surface area contributed by atoms with Crippen molar-refractivity contribution in [2.75, 3.05) is 19.0 Å². The molecule has 0 aliphatic rings. The minimum atomic E-state index is -0.360. The molecule has 2 aromatic rings. The Balaban J connectivity index is 2.41.